The predicted molar refractivity (Wildman–Crippen MR) is 84.6 cm³/mol. The van der Waals surface area contributed by atoms with Crippen LogP contribution in [0.2, 0.25) is 0 Å². The summed E-state index contributed by atoms with van der Waals surface area (Å²) in [5.74, 6) is 2.68. The lowest BCUT2D eigenvalue weighted by atomic mass is 10.1. The van der Waals surface area contributed by atoms with Gasteiger partial charge in [-0.25, -0.2) is 9.97 Å². The highest BCUT2D eigenvalue weighted by Gasteiger charge is 2.13. The Labute approximate surface area is 126 Å². The summed E-state index contributed by atoms with van der Waals surface area (Å²) in [6.07, 6.45) is 4.29. The minimum Gasteiger partial charge on any atom is -0.368 e. The number of hydrogen-bond acceptors (Lipinski definition) is 5. The maximum atomic E-state index is 11.2. The van der Waals surface area contributed by atoms with Crippen molar-refractivity contribution in [3.8, 4) is 0 Å². The van der Waals surface area contributed by atoms with Crippen LogP contribution in [-0.4, -0.2) is 42.1 Å². The van der Waals surface area contributed by atoms with Gasteiger partial charge in [-0.3, -0.25) is 4.79 Å². The molecule has 0 aliphatic carbocycles. The first-order chi connectivity index (χ1) is 10.2. The van der Waals surface area contributed by atoms with Gasteiger partial charge in [-0.05, 0) is 26.2 Å². The summed E-state index contributed by atoms with van der Waals surface area (Å²) in [6, 6.07) is 2.00. The molecule has 0 unspecified atom stereocenters. The number of carbonyl (C=O) groups excluding carboxylic acids is 1. The molecule has 2 rings (SSSR count). The lowest BCUT2D eigenvalue weighted by Crippen LogP contribution is -2.31. The second-order valence-corrected chi connectivity index (χ2v) is 5.34. The van der Waals surface area contributed by atoms with Gasteiger partial charge in [0.15, 0.2) is 0 Å². The van der Waals surface area contributed by atoms with Crippen molar-refractivity contribution in [2.45, 2.75) is 39.5 Å². The van der Waals surface area contributed by atoms with Gasteiger partial charge in [0.1, 0.15) is 17.5 Å². The first-order valence-electron chi connectivity index (χ1n) is 7.80. The van der Waals surface area contributed by atoms with Crippen molar-refractivity contribution in [1.29, 1.82) is 0 Å². The van der Waals surface area contributed by atoms with Crippen molar-refractivity contribution in [3.63, 3.8) is 0 Å². The van der Waals surface area contributed by atoms with Crippen molar-refractivity contribution in [1.82, 2.24) is 15.3 Å². The molecular weight excluding hydrogens is 266 g/mol. The second-order valence-electron chi connectivity index (χ2n) is 5.34. The van der Waals surface area contributed by atoms with Crippen LogP contribution in [0.3, 0.4) is 0 Å². The summed E-state index contributed by atoms with van der Waals surface area (Å²) in [6.45, 7) is 7.18. The number of amides is 1. The Bertz CT molecular complexity index is 471. The SMILES string of the molecule is CCC(=O)NCCNc1cc(N2CCCCC2)nc(C)n1. The average Bonchev–Trinajstić information content (AvgIpc) is 2.51. The Hall–Kier alpha value is -1.85. The van der Waals surface area contributed by atoms with Gasteiger partial charge in [0, 0.05) is 38.7 Å². The number of nitrogens with zero attached hydrogens (tertiary/aromatic N) is 3. The van der Waals surface area contributed by atoms with Crippen LogP contribution in [0.5, 0.6) is 0 Å². The third-order valence-corrected chi connectivity index (χ3v) is 3.58. The van der Waals surface area contributed by atoms with Crippen molar-refractivity contribution >= 4 is 17.5 Å². The first kappa shape index (κ1) is 15.5. The number of aryl methyl sites for hydroxylation is 1. The standard InChI is InChI=1S/C15H25N5O/c1-3-15(21)17-8-7-16-13-11-14(19-12(2)18-13)20-9-5-4-6-10-20/h11H,3-10H2,1-2H3,(H,17,21)(H,16,18,19). The number of carbonyl (C=O) groups is 1. The van der Waals surface area contributed by atoms with Crippen molar-refractivity contribution in [3.05, 3.63) is 11.9 Å². The Morgan fingerprint density at radius 2 is 2.00 bits per heavy atom. The quantitative estimate of drug-likeness (QED) is 0.781. The van der Waals surface area contributed by atoms with E-state index in [1.54, 1.807) is 0 Å². The van der Waals surface area contributed by atoms with Crippen LogP contribution in [0.4, 0.5) is 11.6 Å². The number of anilines is 2. The van der Waals surface area contributed by atoms with E-state index in [0.717, 1.165) is 30.5 Å². The van der Waals surface area contributed by atoms with E-state index < -0.39 is 0 Å². The van der Waals surface area contributed by atoms with Crippen LogP contribution >= 0.6 is 0 Å². The maximum Gasteiger partial charge on any atom is 0.219 e. The molecule has 0 atom stereocenters. The zero-order valence-corrected chi connectivity index (χ0v) is 13.0. The minimum atomic E-state index is 0.0738. The number of hydrogen-bond donors (Lipinski definition) is 2. The second kappa shape index (κ2) is 7.81. The number of piperidine rings is 1. The summed E-state index contributed by atoms with van der Waals surface area (Å²) in [5.41, 5.74) is 0. The Morgan fingerprint density at radius 3 is 2.71 bits per heavy atom. The highest BCUT2D eigenvalue weighted by atomic mass is 16.1. The molecule has 2 N–H and O–H groups in total. The molecule has 1 aromatic rings. The van der Waals surface area contributed by atoms with Crippen LogP contribution in [0.1, 0.15) is 38.4 Å². The lowest BCUT2D eigenvalue weighted by Gasteiger charge is -2.28. The fourth-order valence-corrected chi connectivity index (χ4v) is 2.44. The Morgan fingerprint density at radius 1 is 1.24 bits per heavy atom. The number of nitrogens with one attached hydrogen (secondary N) is 2. The molecule has 0 radical (unpaired) electrons. The van der Waals surface area contributed by atoms with E-state index in [9.17, 15) is 4.79 Å². The fraction of sp³-hybridized carbons (Fsp3) is 0.667. The van der Waals surface area contributed by atoms with E-state index in [1.165, 1.54) is 19.3 Å². The Kier molecular flexibility index (Phi) is 5.78. The summed E-state index contributed by atoms with van der Waals surface area (Å²) in [4.78, 5) is 22.4. The zero-order chi connectivity index (χ0) is 15.1. The molecule has 0 bridgehead atoms. The van der Waals surface area contributed by atoms with Gasteiger partial charge in [-0.2, -0.15) is 0 Å². The van der Waals surface area contributed by atoms with Crippen LogP contribution < -0.4 is 15.5 Å². The molecule has 6 nitrogen and oxygen atoms in total. The highest BCUT2D eigenvalue weighted by molar-refractivity contribution is 5.75. The van der Waals surface area contributed by atoms with E-state index in [1.807, 2.05) is 19.9 Å². The van der Waals surface area contributed by atoms with Crippen LogP contribution in [0, 0.1) is 6.92 Å². The van der Waals surface area contributed by atoms with Gasteiger partial charge in [0.25, 0.3) is 0 Å². The normalized spacial score (nSPS) is 14.9. The molecule has 116 valence electrons. The third kappa shape index (κ3) is 4.88. The summed E-state index contributed by atoms with van der Waals surface area (Å²) in [7, 11) is 0. The molecule has 1 aliphatic rings. The van der Waals surface area contributed by atoms with E-state index in [0.29, 0.717) is 19.5 Å². The summed E-state index contributed by atoms with van der Waals surface area (Å²) >= 11 is 0. The van der Waals surface area contributed by atoms with E-state index in [2.05, 4.69) is 25.5 Å². The van der Waals surface area contributed by atoms with Gasteiger partial charge in [-0.1, -0.05) is 6.92 Å². The van der Waals surface area contributed by atoms with Crippen molar-refractivity contribution < 1.29 is 4.79 Å². The van der Waals surface area contributed by atoms with E-state index >= 15 is 0 Å². The maximum absolute atomic E-state index is 11.2. The molecule has 0 aromatic carbocycles. The van der Waals surface area contributed by atoms with Gasteiger partial charge in [0.2, 0.25) is 5.91 Å². The van der Waals surface area contributed by atoms with Gasteiger partial charge >= 0.3 is 0 Å². The number of aromatic nitrogens is 2. The average molecular weight is 291 g/mol. The third-order valence-electron chi connectivity index (χ3n) is 3.58. The van der Waals surface area contributed by atoms with E-state index in [4.69, 9.17) is 0 Å². The molecule has 1 amide bonds. The lowest BCUT2D eigenvalue weighted by molar-refractivity contribution is -0.120. The summed E-state index contributed by atoms with van der Waals surface area (Å²) < 4.78 is 0. The smallest absolute Gasteiger partial charge is 0.219 e. The van der Waals surface area contributed by atoms with Crippen LogP contribution in [0.25, 0.3) is 0 Å². The molecule has 6 heteroatoms. The van der Waals surface area contributed by atoms with Crippen LogP contribution in [0.15, 0.2) is 6.07 Å². The molecule has 1 saturated heterocycles. The van der Waals surface area contributed by atoms with Crippen molar-refractivity contribution in [2.75, 3.05) is 36.4 Å². The molecule has 1 aliphatic heterocycles. The predicted octanol–water partition coefficient (Wildman–Crippen LogP) is 1.71. The fourth-order valence-electron chi connectivity index (χ4n) is 2.44. The van der Waals surface area contributed by atoms with Gasteiger partial charge in [-0.15, -0.1) is 0 Å². The molecule has 0 saturated carbocycles. The van der Waals surface area contributed by atoms with Crippen molar-refractivity contribution in [2.24, 2.45) is 0 Å². The minimum absolute atomic E-state index is 0.0738. The molecule has 0 spiro atoms. The highest BCUT2D eigenvalue weighted by Crippen LogP contribution is 2.20. The van der Waals surface area contributed by atoms with Crippen LogP contribution in [-0.2, 0) is 4.79 Å². The Balaban J connectivity index is 1.90. The van der Waals surface area contributed by atoms with Gasteiger partial charge in [0.05, 0.1) is 0 Å². The molecular formula is C15H25N5O. The molecule has 21 heavy (non-hydrogen) atoms. The van der Waals surface area contributed by atoms with Gasteiger partial charge < -0.3 is 15.5 Å². The zero-order valence-electron chi connectivity index (χ0n) is 13.0. The number of rotatable bonds is 6. The summed E-state index contributed by atoms with van der Waals surface area (Å²) in [5, 5.41) is 6.09. The topological polar surface area (TPSA) is 70.2 Å². The van der Waals surface area contributed by atoms with E-state index in [-0.39, 0.29) is 5.91 Å². The first-order valence-corrected chi connectivity index (χ1v) is 7.80. The monoisotopic (exact) mass is 291 g/mol. The largest absolute Gasteiger partial charge is 0.368 e. The molecule has 2 heterocycles. The molecule has 1 fully saturated rings. The molecule has 1 aromatic heterocycles.